The molecule has 0 fully saturated rings. The Kier molecular flexibility index (Phi) is 14.4. The molecule has 0 rings (SSSR count). The van der Waals surface area contributed by atoms with E-state index in [0.717, 1.165) is 6.54 Å². The molecule has 0 amide bonds. The molecule has 0 bridgehead atoms. The second kappa shape index (κ2) is 12.1. The molecule has 3 nitrogen and oxygen atoms in total. The summed E-state index contributed by atoms with van der Waals surface area (Å²) in [5, 5.41) is 2.85. The Morgan fingerprint density at radius 2 is 1.91 bits per heavy atom. The number of carbonyl (C=O) groups is 1. The van der Waals surface area contributed by atoms with E-state index in [-0.39, 0.29) is 5.97 Å². The number of rotatable bonds is 3. The van der Waals surface area contributed by atoms with E-state index < -0.39 is 0 Å². The molecule has 0 radical (unpaired) electrons. The first-order valence-electron chi connectivity index (χ1n) is 3.96. The summed E-state index contributed by atoms with van der Waals surface area (Å²) in [5.74, 6) is -0.222. The van der Waals surface area contributed by atoms with Crippen LogP contribution in [0.4, 0.5) is 0 Å². The SMILES string of the molecule is CCC.CNCCOC(C)=O. The van der Waals surface area contributed by atoms with E-state index in [1.54, 1.807) is 0 Å². The highest BCUT2D eigenvalue weighted by Crippen LogP contribution is 1.71. The van der Waals surface area contributed by atoms with Gasteiger partial charge in [0.2, 0.25) is 0 Å². The van der Waals surface area contributed by atoms with E-state index in [2.05, 4.69) is 23.9 Å². The second-order valence-corrected chi connectivity index (χ2v) is 2.15. The molecule has 3 heteroatoms. The fraction of sp³-hybridized carbons (Fsp3) is 0.875. The van der Waals surface area contributed by atoms with Crippen LogP contribution in [-0.4, -0.2) is 26.2 Å². The lowest BCUT2D eigenvalue weighted by atomic mass is 10.6. The Labute approximate surface area is 69.1 Å². The molecule has 0 atom stereocenters. The van der Waals surface area contributed by atoms with Crippen molar-refractivity contribution >= 4 is 5.97 Å². The zero-order chi connectivity index (χ0) is 9.11. The third kappa shape index (κ3) is 26.5. The first-order chi connectivity index (χ1) is 5.18. The van der Waals surface area contributed by atoms with Crippen molar-refractivity contribution in [3.05, 3.63) is 0 Å². The van der Waals surface area contributed by atoms with Gasteiger partial charge in [-0.25, -0.2) is 0 Å². The van der Waals surface area contributed by atoms with Gasteiger partial charge in [-0.3, -0.25) is 4.79 Å². The molecule has 0 saturated heterocycles. The third-order valence-corrected chi connectivity index (χ3v) is 0.657. The molecule has 0 aliphatic heterocycles. The maximum absolute atomic E-state index is 10.1. The van der Waals surface area contributed by atoms with Gasteiger partial charge in [-0.15, -0.1) is 0 Å². The highest BCUT2D eigenvalue weighted by Gasteiger charge is 1.87. The summed E-state index contributed by atoms with van der Waals surface area (Å²) < 4.78 is 4.58. The van der Waals surface area contributed by atoms with E-state index in [1.165, 1.54) is 13.3 Å². The van der Waals surface area contributed by atoms with Crippen molar-refractivity contribution in [3.63, 3.8) is 0 Å². The largest absolute Gasteiger partial charge is 0.465 e. The van der Waals surface area contributed by atoms with Gasteiger partial charge >= 0.3 is 5.97 Å². The molecule has 0 aromatic carbocycles. The lowest BCUT2D eigenvalue weighted by Crippen LogP contribution is -2.15. The molecular weight excluding hydrogens is 142 g/mol. The minimum Gasteiger partial charge on any atom is -0.465 e. The molecular formula is C8H19NO2. The first-order valence-corrected chi connectivity index (χ1v) is 3.96. The summed E-state index contributed by atoms with van der Waals surface area (Å²) in [6.07, 6.45) is 1.25. The van der Waals surface area contributed by atoms with Crippen molar-refractivity contribution in [2.24, 2.45) is 0 Å². The number of carbonyl (C=O) groups excluding carboxylic acids is 1. The van der Waals surface area contributed by atoms with Crippen LogP contribution in [0.2, 0.25) is 0 Å². The predicted molar refractivity (Wildman–Crippen MR) is 46.5 cm³/mol. The predicted octanol–water partition coefficient (Wildman–Crippen LogP) is 1.19. The average molecular weight is 161 g/mol. The fourth-order valence-corrected chi connectivity index (χ4v) is 0.297. The van der Waals surface area contributed by atoms with Crippen molar-refractivity contribution in [3.8, 4) is 0 Å². The molecule has 11 heavy (non-hydrogen) atoms. The summed E-state index contributed by atoms with van der Waals surface area (Å²) in [5.41, 5.74) is 0. The van der Waals surface area contributed by atoms with Gasteiger partial charge in [-0.1, -0.05) is 20.3 Å². The Bertz CT molecular complexity index is 84.2. The minimum atomic E-state index is -0.222. The number of ether oxygens (including phenoxy) is 1. The molecule has 0 aromatic rings. The van der Waals surface area contributed by atoms with Crippen molar-refractivity contribution < 1.29 is 9.53 Å². The van der Waals surface area contributed by atoms with Crippen LogP contribution in [0.25, 0.3) is 0 Å². The quantitative estimate of drug-likeness (QED) is 0.499. The number of nitrogens with one attached hydrogen (secondary N) is 1. The highest BCUT2D eigenvalue weighted by atomic mass is 16.5. The molecule has 0 heterocycles. The van der Waals surface area contributed by atoms with Crippen LogP contribution in [0, 0.1) is 0 Å². The zero-order valence-electron chi connectivity index (χ0n) is 7.94. The summed E-state index contributed by atoms with van der Waals surface area (Å²) in [6, 6.07) is 0. The summed E-state index contributed by atoms with van der Waals surface area (Å²) >= 11 is 0. The van der Waals surface area contributed by atoms with Crippen LogP contribution in [0.15, 0.2) is 0 Å². The number of hydrogen-bond acceptors (Lipinski definition) is 3. The van der Waals surface area contributed by atoms with E-state index in [9.17, 15) is 4.79 Å². The van der Waals surface area contributed by atoms with Gasteiger partial charge < -0.3 is 10.1 Å². The van der Waals surface area contributed by atoms with Gasteiger partial charge in [0.15, 0.2) is 0 Å². The van der Waals surface area contributed by atoms with Crippen LogP contribution in [-0.2, 0) is 9.53 Å². The van der Waals surface area contributed by atoms with Crippen molar-refractivity contribution in [1.29, 1.82) is 0 Å². The van der Waals surface area contributed by atoms with E-state index in [4.69, 9.17) is 0 Å². The van der Waals surface area contributed by atoms with Crippen molar-refractivity contribution in [2.45, 2.75) is 27.2 Å². The van der Waals surface area contributed by atoms with E-state index in [1.807, 2.05) is 7.05 Å². The highest BCUT2D eigenvalue weighted by molar-refractivity contribution is 5.65. The standard InChI is InChI=1S/C5H11NO2.C3H8/c1-5(7)8-4-3-6-2;1-3-2/h6H,3-4H2,1-2H3;3H2,1-2H3. The second-order valence-electron chi connectivity index (χ2n) is 2.15. The number of hydrogen-bond donors (Lipinski definition) is 1. The summed E-state index contributed by atoms with van der Waals surface area (Å²) in [4.78, 5) is 10.1. The molecule has 0 unspecified atom stereocenters. The molecule has 0 aromatic heterocycles. The monoisotopic (exact) mass is 161 g/mol. The Balaban J connectivity index is 0. The molecule has 68 valence electrons. The van der Waals surface area contributed by atoms with Gasteiger partial charge in [-0.05, 0) is 7.05 Å². The van der Waals surface area contributed by atoms with Crippen LogP contribution < -0.4 is 5.32 Å². The van der Waals surface area contributed by atoms with E-state index in [0.29, 0.717) is 6.61 Å². The van der Waals surface area contributed by atoms with Crippen molar-refractivity contribution in [1.82, 2.24) is 5.32 Å². The fourth-order valence-electron chi connectivity index (χ4n) is 0.297. The average Bonchev–Trinajstić information content (AvgIpc) is 1.89. The van der Waals surface area contributed by atoms with Crippen molar-refractivity contribution in [2.75, 3.05) is 20.2 Å². The van der Waals surface area contributed by atoms with E-state index >= 15 is 0 Å². The first kappa shape index (κ1) is 13.1. The molecule has 0 aliphatic carbocycles. The molecule has 0 spiro atoms. The van der Waals surface area contributed by atoms with Gasteiger partial charge in [0, 0.05) is 13.5 Å². The number of likely N-dealkylation sites (N-methyl/N-ethyl adjacent to an activating group) is 1. The molecule has 0 aliphatic rings. The van der Waals surface area contributed by atoms with Crippen LogP contribution in [0.5, 0.6) is 0 Å². The van der Waals surface area contributed by atoms with Crippen LogP contribution in [0.3, 0.4) is 0 Å². The maximum Gasteiger partial charge on any atom is 0.302 e. The minimum absolute atomic E-state index is 0.222. The van der Waals surface area contributed by atoms with Gasteiger partial charge in [0.25, 0.3) is 0 Å². The van der Waals surface area contributed by atoms with Gasteiger partial charge in [0.05, 0.1) is 0 Å². The third-order valence-electron chi connectivity index (χ3n) is 0.657. The molecule has 1 N–H and O–H groups in total. The lowest BCUT2D eigenvalue weighted by molar-refractivity contribution is -0.140. The topological polar surface area (TPSA) is 38.3 Å². The lowest BCUT2D eigenvalue weighted by Gasteiger charge is -1.97. The smallest absolute Gasteiger partial charge is 0.302 e. The number of esters is 1. The maximum atomic E-state index is 10.1. The Hall–Kier alpha value is -0.570. The van der Waals surface area contributed by atoms with Gasteiger partial charge in [0.1, 0.15) is 6.61 Å². The summed E-state index contributed by atoms with van der Waals surface area (Å²) in [6.45, 7) is 6.83. The summed E-state index contributed by atoms with van der Waals surface area (Å²) in [7, 11) is 1.81. The normalized spacial score (nSPS) is 8.00. The van der Waals surface area contributed by atoms with Gasteiger partial charge in [-0.2, -0.15) is 0 Å². The Morgan fingerprint density at radius 3 is 2.18 bits per heavy atom. The zero-order valence-corrected chi connectivity index (χ0v) is 7.94. The van der Waals surface area contributed by atoms with Crippen LogP contribution in [0.1, 0.15) is 27.2 Å². The molecule has 0 saturated carbocycles. The Morgan fingerprint density at radius 1 is 1.45 bits per heavy atom. The van der Waals surface area contributed by atoms with Crippen LogP contribution >= 0.6 is 0 Å².